The van der Waals surface area contributed by atoms with Crippen molar-refractivity contribution < 1.29 is 23.9 Å². The Balaban J connectivity index is 1.72. The molecular weight excluding hydrogens is 406 g/mol. The van der Waals surface area contributed by atoms with Gasteiger partial charge < -0.3 is 14.8 Å². The molecule has 0 radical (unpaired) electrons. The van der Waals surface area contributed by atoms with Crippen molar-refractivity contribution in [2.24, 2.45) is 0 Å². The molecule has 0 saturated heterocycles. The van der Waals surface area contributed by atoms with Crippen LogP contribution in [0.3, 0.4) is 0 Å². The zero-order chi connectivity index (χ0) is 21.9. The van der Waals surface area contributed by atoms with Crippen molar-refractivity contribution in [3.05, 3.63) is 42.5 Å². The molecule has 0 saturated carbocycles. The molecule has 0 fully saturated rings. The summed E-state index contributed by atoms with van der Waals surface area (Å²) in [6, 6.07) is 13.4. The Morgan fingerprint density at radius 1 is 1.03 bits per heavy atom. The summed E-state index contributed by atoms with van der Waals surface area (Å²) < 4.78 is 10.5. The summed E-state index contributed by atoms with van der Waals surface area (Å²) >= 11 is 4.95. The predicted molar refractivity (Wildman–Crippen MR) is 117 cm³/mol. The summed E-state index contributed by atoms with van der Waals surface area (Å²) in [4.78, 5) is 35.3. The van der Waals surface area contributed by atoms with Gasteiger partial charge >= 0.3 is 5.97 Å². The number of hydrogen-bond donors (Lipinski definition) is 3. The van der Waals surface area contributed by atoms with Crippen LogP contribution >= 0.6 is 12.2 Å². The first-order valence-corrected chi connectivity index (χ1v) is 10.0. The van der Waals surface area contributed by atoms with E-state index in [4.69, 9.17) is 21.7 Å². The molecule has 160 valence electrons. The highest BCUT2D eigenvalue weighted by Gasteiger charge is 2.16. The second kappa shape index (κ2) is 11.7. The van der Waals surface area contributed by atoms with Gasteiger partial charge in [0.2, 0.25) is 5.91 Å². The Labute approximate surface area is 180 Å². The quantitative estimate of drug-likeness (QED) is 0.335. The first-order chi connectivity index (χ1) is 14.4. The summed E-state index contributed by atoms with van der Waals surface area (Å²) in [5.41, 5.74) is 4.81. The van der Waals surface area contributed by atoms with Crippen LogP contribution in [0.1, 0.15) is 33.1 Å². The third-order valence-corrected chi connectivity index (χ3v) is 4.18. The van der Waals surface area contributed by atoms with E-state index < -0.39 is 23.9 Å². The summed E-state index contributed by atoms with van der Waals surface area (Å²) in [6.07, 6.45) is -0.197. The fourth-order valence-corrected chi connectivity index (χ4v) is 2.61. The van der Waals surface area contributed by atoms with E-state index in [2.05, 4.69) is 16.2 Å². The third-order valence-electron chi connectivity index (χ3n) is 3.98. The van der Waals surface area contributed by atoms with E-state index >= 15 is 0 Å². The molecular formula is C21H25N3O5S. The highest BCUT2D eigenvalue weighted by atomic mass is 32.1. The topological polar surface area (TPSA) is 106 Å². The van der Waals surface area contributed by atoms with Crippen molar-refractivity contribution in [2.45, 2.75) is 39.2 Å². The van der Waals surface area contributed by atoms with E-state index in [1.165, 1.54) is 0 Å². The normalized spacial score (nSPS) is 11.3. The van der Waals surface area contributed by atoms with E-state index in [1.54, 1.807) is 13.0 Å². The molecule has 2 aromatic carbocycles. The Kier molecular flexibility index (Phi) is 9.02. The minimum atomic E-state index is -0.800. The van der Waals surface area contributed by atoms with Crippen molar-refractivity contribution >= 4 is 45.9 Å². The van der Waals surface area contributed by atoms with Gasteiger partial charge in [-0.05, 0) is 48.5 Å². The van der Waals surface area contributed by atoms with Gasteiger partial charge in [-0.15, -0.1) is 0 Å². The molecule has 2 rings (SSSR count). The smallest absolute Gasteiger partial charge is 0.306 e. The largest absolute Gasteiger partial charge is 0.481 e. The number of thiocarbonyl (C=S) groups is 1. The number of carbonyl (C=O) groups is 3. The van der Waals surface area contributed by atoms with Crippen LogP contribution in [-0.2, 0) is 19.1 Å². The number of fused-ring (bicyclic) bond motifs is 1. The molecule has 0 aromatic heterocycles. The number of carbonyl (C=O) groups excluding carboxylic acids is 3. The van der Waals surface area contributed by atoms with Gasteiger partial charge in [0.1, 0.15) is 5.75 Å². The molecule has 0 bridgehead atoms. The van der Waals surface area contributed by atoms with E-state index in [1.807, 2.05) is 43.3 Å². The Morgan fingerprint density at radius 3 is 2.50 bits per heavy atom. The molecule has 9 heteroatoms. The minimum absolute atomic E-state index is 0.0442. The number of hydrogen-bond acceptors (Lipinski definition) is 6. The lowest BCUT2D eigenvalue weighted by atomic mass is 10.1. The van der Waals surface area contributed by atoms with Gasteiger partial charge in [0.25, 0.3) is 5.91 Å². The maximum atomic E-state index is 12.2. The van der Waals surface area contributed by atoms with Crippen molar-refractivity contribution in [2.75, 3.05) is 6.61 Å². The van der Waals surface area contributed by atoms with Crippen molar-refractivity contribution in [3.8, 4) is 5.75 Å². The molecule has 2 amide bonds. The number of rotatable bonds is 8. The van der Waals surface area contributed by atoms with E-state index in [9.17, 15) is 14.4 Å². The lowest BCUT2D eigenvalue weighted by Crippen LogP contribution is -2.51. The van der Waals surface area contributed by atoms with Gasteiger partial charge in [-0.2, -0.15) is 0 Å². The highest BCUT2D eigenvalue weighted by molar-refractivity contribution is 7.80. The number of amides is 2. The Morgan fingerprint density at radius 2 is 1.77 bits per heavy atom. The van der Waals surface area contributed by atoms with E-state index in [0.717, 1.165) is 10.8 Å². The SMILES string of the molecule is CCCOC(=O)CCC(=O)NC(=S)NNC(=O)C(C)Oc1ccc2ccccc2c1. The summed E-state index contributed by atoms with van der Waals surface area (Å²) in [5.74, 6) is -0.820. The lowest BCUT2D eigenvalue weighted by molar-refractivity contribution is -0.144. The fourth-order valence-electron chi connectivity index (χ4n) is 2.44. The lowest BCUT2D eigenvalue weighted by Gasteiger charge is -2.16. The number of ether oxygens (including phenoxy) is 2. The van der Waals surface area contributed by atoms with Crippen LogP contribution < -0.4 is 20.9 Å². The van der Waals surface area contributed by atoms with Crippen molar-refractivity contribution in [3.63, 3.8) is 0 Å². The first-order valence-electron chi connectivity index (χ1n) is 9.59. The maximum absolute atomic E-state index is 12.2. The van der Waals surface area contributed by atoms with Crippen LogP contribution in [-0.4, -0.2) is 35.6 Å². The standard InChI is InChI=1S/C21H25N3O5S/c1-3-12-28-19(26)11-10-18(25)22-21(30)24-23-20(27)14(2)29-17-9-8-15-6-4-5-7-16(15)13-17/h4-9,13-14H,3,10-12H2,1-2H3,(H,23,27)(H2,22,24,25,30). The van der Waals surface area contributed by atoms with Crippen LogP contribution in [0.5, 0.6) is 5.75 Å². The third kappa shape index (κ3) is 7.67. The van der Waals surface area contributed by atoms with Gasteiger partial charge in [-0.1, -0.05) is 37.3 Å². The number of nitrogens with one attached hydrogen (secondary N) is 3. The second-order valence-corrected chi connectivity index (χ2v) is 6.89. The van der Waals surface area contributed by atoms with Gasteiger partial charge in [0, 0.05) is 6.42 Å². The average molecular weight is 432 g/mol. The van der Waals surface area contributed by atoms with Crippen LogP contribution in [0.15, 0.2) is 42.5 Å². The van der Waals surface area contributed by atoms with Crippen LogP contribution in [0, 0.1) is 0 Å². The molecule has 1 atom stereocenters. The average Bonchev–Trinajstić information content (AvgIpc) is 2.74. The monoisotopic (exact) mass is 431 g/mol. The van der Waals surface area contributed by atoms with Crippen molar-refractivity contribution in [1.82, 2.24) is 16.2 Å². The molecule has 1 unspecified atom stereocenters. The highest BCUT2D eigenvalue weighted by Crippen LogP contribution is 2.21. The molecule has 0 aliphatic heterocycles. The summed E-state index contributed by atoms with van der Waals surface area (Å²) in [5, 5.41) is 4.36. The molecule has 30 heavy (non-hydrogen) atoms. The zero-order valence-corrected chi connectivity index (χ0v) is 17.7. The molecule has 0 spiro atoms. The Hall–Kier alpha value is -3.20. The molecule has 0 heterocycles. The fraction of sp³-hybridized carbons (Fsp3) is 0.333. The van der Waals surface area contributed by atoms with Gasteiger partial charge in [0.05, 0.1) is 13.0 Å². The molecule has 3 N–H and O–H groups in total. The van der Waals surface area contributed by atoms with Crippen LogP contribution in [0.25, 0.3) is 10.8 Å². The zero-order valence-electron chi connectivity index (χ0n) is 16.9. The minimum Gasteiger partial charge on any atom is -0.481 e. The number of esters is 1. The Bertz CT molecular complexity index is 918. The molecule has 0 aliphatic rings. The van der Waals surface area contributed by atoms with E-state index in [0.29, 0.717) is 18.8 Å². The van der Waals surface area contributed by atoms with Gasteiger partial charge in [-0.3, -0.25) is 25.2 Å². The van der Waals surface area contributed by atoms with Gasteiger partial charge in [-0.25, -0.2) is 0 Å². The molecule has 8 nitrogen and oxygen atoms in total. The van der Waals surface area contributed by atoms with Crippen molar-refractivity contribution in [1.29, 1.82) is 0 Å². The first kappa shape index (κ1) is 23.1. The second-order valence-electron chi connectivity index (χ2n) is 6.48. The number of hydrazine groups is 1. The molecule has 2 aromatic rings. The van der Waals surface area contributed by atoms with Gasteiger partial charge in [0.15, 0.2) is 11.2 Å². The summed E-state index contributed by atoms with van der Waals surface area (Å²) in [6.45, 7) is 3.80. The van der Waals surface area contributed by atoms with Crippen LogP contribution in [0.2, 0.25) is 0 Å². The summed E-state index contributed by atoms with van der Waals surface area (Å²) in [7, 11) is 0. The maximum Gasteiger partial charge on any atom is 0.306 e. The molecule has 0 aliphatic carbocycles. The number of benzene rings is 2. The predicted octanol–water partition coefficient (Wildman–Crippen LogP) is 2.36. The van der Waals surface area contributed by atoms with Crippen LogP contribution in [0.4, 0.5) is 0 Å². The van der Waals surface area contributed by atoms with E-state index in [-0.39, 0.29) is 18.0 Å².